The molecule has 3 amide bonds. The first kappa shape index (κ1) is 17.7. The standard InChI is InChI=1S/C18H17N3O4S/c1-11-16(13-6-2-3-7-14(13)20-11)17(23)25-10-15(22)21-18(24)19-9-12-5-4-8-26-12/h2-8,20H,9-10H2,1H3,(H2,19,21,22,24). The Bertz CT molecular complexity index is 947. The zero-order valence-corrected chi connectivity index (χ0v) is 14.8. The van der Waals surface area contributed by atoms with Gasteiger partial charge in [0.1, 0.15) is 0 Å². The van der Waals surface area contributed by atoms with Gasteiger partial charge in [0.05, 0.1) is 12.1 Å². The zero-order valence-electron chi connectivity index (χ0n) is 14.0. The monoisotopic (exact) mass is 371 g/mol. The van der Waals surface area contributed by atoms with Crippen LogP contribution in [-0.2, 0) is 16.1 Å². The van der Waals surface area contributed by atoms with Gasteiger partial charge in [-0.15, -0.1) is 11.3 Å². The predicted octanol–water partition coefficient (Wildman–Crippen LogP) is 2.72. The lowest BCUT2D eigenvalue weighted by Gasteiger charge is -2.07. The molecule has 8 heteroatoms. The number of carbonyl (C=O) groups is 3. The zero-order chi connectivity index (χ0) is 18.5. The number of rotatable bonds is 5. The van der Waals surface area contributed by atoms with Crippen molar-refractivity contribution in [3.8, 4) is 0 Å². The van der Waals surface area contributed by atoms with Crippen molar-refractivity contribution in [3.63, 3.8) is 0 Å². The molecule has 0 saturated carbocycles. The number of aryl methyl sites for hydroxylation is 1. The number of urea groups is 1. The van der Waals surface area contributed by atoms with Crippen molar-refractivity contribution in [3.05, 3.63) is 57.9 Å². The molecule has 0 unspecified atom stereocenters. The maximum atomic E-state index is 12.3. The van der Waals surface area contributed by atoms with Gasteiger partial charge in [-0.2, -0.15) is 0 Å². The number of nitrogens with one attached hydrogen (secondary N) is 3. The van der Waals surface area contributed by atoms with Crippen LogP contribution in [0.15, 0.2) is 41.8 Å². The van der Waals surface area contributed by atoms with Crippen molar-refractivity contribution < 1.29 is 19.1 Å². The summed E-state index contributed by atoms with van der Waals surface area (Å²) in [6, 6.07) is 10.4. The van der Waals surface area contributed by atoms with Gasteiger partial charge in [-0.1, -0.05) is 24.3 Å². The first-order valence-electron chi connectivity index (χ1n) is 7.89. The van der Waals surface area contributed by atoms with Crippen LogP contribution in [0.5, 0.6) is 0 Å². The fraction of sp³-hybridized carbons (Fsp3) is 0.167. The Morgan fingerprint density at radius 3 is 2.73 bits per heavy atom. The summed E-state index contributed by atoms with van der Waals surface area (Å²) >= 11 is 1.50. The van der Waals surface area contributed by atoms with Crippen molar-refractivity contribution in [2.75, 3.05) is 6.61 Å². The van der Waals surface area contributed by atoms with Crippen molar-refractivity contribution in [1.82, 2.24) is 15.6 Å². The van der Waals surface area contributed by atoms with Gasteiger partial charge < -0.3 is 15.0 Å². The highest BCUT2D eigenvalue weighted by atomic mass is 32.1. The molecule has 0 saturated heterocycles. The van der Waals surface area contributed by atoms with Gasteiger partial charge in [0.15, 0.2) is 6.61 Å². The Balaban J connectivity index is 1.51. The second kappa shape index (κ2) is 7.83. The molecular weight excluding hydrogens is 354 g/mol. The molecule has 0 bridgehead atoms. The molecule has 0 aliphatic carbocycles. The van der Waals surface area contributed by atoms with E-state index >= 15 is 0 Å². The van der Waals surface area contributed by atoms with E-state index in [1.165, 1.54) is 11.3 Å². The Morgan fingerprint density at radius 2 is 1.96 bits per heavy atom. The molecule has 2 heterocycles. The lowest BCUT2D eigenvalue weighted by atomic mass is 10.1. The van der Waals surface area contributed by atoms with Crippen LogP contribution < -0.4 is 10.6 Å². The molecule has 0 atom stereocenters. The highest BCUT2D eigenvalue weighted by molar-refractivity contribution is 7.09. The average Bonchev–Trinajstić information content (AvgIpc) is 3.24. The Kier molecular flexibility index (Phi) is 5.33. The van der Waals surface area contributed by atoms with Crippen molar-refractivity contribution in [1.29, 1.82) is 0 Å². The van der Waals surface area contributed by atoms with Gasteiger partial charge in [0.25, 0.3) is 5.91 Å². The number of esters is 1. The molecule has 7 nitrogen and oxygen atoms in total. The van der Waals surface area contributed by atoms with E-state index < -0.39 is 24.5 Å². The second-order valence-electron chi connectivity index (χ2n) is 5.56. The number of fused-ring (bicyclic) bond motifs is 1. The minimum Gasteiger partial charge on any atom is -0.452 e. The fourth-order valence-corrected chi connectivity index (χ4v) is 3.17. The van der Waals surface area contributed by atoms with Gasteiger partial charge in [-0.25, -0.2) is 9.59 Å². The van der Waals surface area contributed by atoms with Crippen LogP contribution in [0.1, 0.15) is 20.9 Å². The third-order valence-corrected chi connectivity index (χ3v) is 4.56. The van der Waals surface area contributed by atoms with Crippen LogP contribution in [0.3, 0.4) is 0 Å². The number of hydrogen-bond acceptors (Lipinski definition) is 5. The van der Waals surface area contributed by atoms with E-state index in [4.69, 9.17) is 4.74 Å². The lowest BCUT2D eigenvalue weighted by Crippen LogP contribution is -2.41. The number of carbonyl (C=O) groups excluding carboxylic acids is 3. The number of aromatic amines is 1. The summed E-state index contributed by atoms with van der Waals surface area (Å²) in [5, 5.41) is 7.31. The Morgan fingerprint density at radius 1 is 1.15 bits per heavy atom. The van der Waals surface area contributed by atoms with Gasteiger partial charge in [0.2, 0.25) is 0 Å². The number of para-hydroxylation sites is 1. The van der Waals surface area contributed by atoms with Crippen LogP contribution in [0.4, 0.5) is 4.79 Å². The SMILES string of the molecule is Cc1[nH]c2ccccc2c1C(=O)OCC(=O)NC(=O)NCc1cccs1. The molecule has 134 valence electrons. The number of imide groups is 1. The molecular formula is C18H17N3O4S. The number of ether oxygens (including phenoxy) is 1. The summed E-state index contributed by atoms with van der Waals surface area (Å²) in [4.78, 5) is 39.8. The first-order chi connectivity index (χ1) is 12.5. The molecule has 0 radical (unpaired) electrons. The van der Waals surface area contributed by atoms with Crippen LogP contribution in [-0.4, -0.2) is 29.5 Å². The number of H-pyrrole nitrogens is 1. The molecule has 0 fully saturated rings. The second-order valence-corrected chi connectivity index (χ2v) is 6.59. The number of aromatic nitrogens is 1. The maximum absolute atomic E-state index is 12.3. The Labute approximate surface area is 153 Å². The van der Waals surface area contributed by atoms with E-state index in [0.717, 1.165) is 15.8 Å². The quantitative estimate of drug-likeness (QED) is 0.600. The van der Waals surface area contributed by atoms with Crippen LogP contribution in [0.2, 0.25) is 0 Å². The number of amides is 3. The largest absolute Gasteiger partial charge is 0.452 e. The van der Waals surface area contributed by atoms with Gasteiger partial charge in [-0.05, 0) is 24.4 Å². The van der Waals surface area contributed by atoms with Crippen molar-refractivity contribution >= 4 is 40.1 Å². The number of hydrogen-bond donors (Lipinski definition) is 3. The fourth-order valence-electron chi connectivity index (χ4n) is 2.53. The van der Waals surface area contributed by atoms with E-state index in [1.54, 1.807) is 13.0 Å². The summed E-state index contributed by atoms with van der Waals surface area (Å²) in [6.07, 6.45) is 0. The minimum absolute atomic E-state index is 0.325. The van der Waals surface area contributed by atoms with E-state index in [9.17, 15) is 14.4 Å². The van der Waals surface area contributed by atoms with Crippen molar-refractivity contribution in [2.45, 2.75) is 13.5 Å². The lowest BCUT2D eigenvalue weighted by molar-refractivity contribution is -0.123. The van der Waals surface area contributed by atoms with E-state index in [-0.39, 0.29) is 0 Å². The minimum atomic E-state index is -0.695. The molecule has 0 aliphatic rings. The summed E-state index contributed by atoms with van der Waals surface area (Å²) in [7, 11) is 0. The average molecular weight is 371 g/mol. The number of benzene rings is 1. The maximum Gasteiger partial charge on any atom is 0.341 e. The third kappa shape index (κ3) is 4.09. The van der Waals surface area contributed by atoms with E-state index in [2.05, 4.69) is 15.6 Å². The highest BCUT2D eigenvalue weighted by Gasteiger charge is 2.18. The van der Waals surface area contributed by atoms with Gasteiger partial charge in [-0.3, -0.25) is 10.1 Å². The van der Waals surface area contributed by atoms with Gasteiger partial charge >= 0.3 is 12.0 Å². The van der Waals surface area contributed by atoms with Crippen LogP contribution in [0.25, 0.3) is 10.9 Å². The molecule has 3 N–H and O–H groups in total. The smallest absolute Gasteiger partial charge is 0.341 e. The summed E-state index contributed by atoms with van der Waals surface area (Å²) < 4.78 is 5.04. The first-order valence-corrected chi connectivity index (χ1v) is 8.77. The van der Waals surface area contributed by atoms with Crippen molar-refractivity contribution in [2.24, 2.45) is 0 Å². The summed E-state index contributed by atoms with van der Waals surface area (Å²) in [5.41, 5.74) is 1.86. The normalized spacial score (nSPS) is 10.5. The summed E-state index contributed by atoms with van der Waals surface area (Å²) in [5.74, 6) is -1.31. The topological polar surface area (TPSA) is 100 Å². The predicted molar refractivity (Wildman–Crippen MR) is 98.0 cm³/mol. The highest BCUT2D eigenvalue weighted by Crippen LogP contribution is 2.22. The molecule has 3 rings (SSSR count). The third-order valence-electron chi connectivity index (χ3n) is 3.69. The number of thiophene rings is 1. The molecule has 1 aromatic carbocycles. The van der Waals surface area contributed by atoms with E-state index in [0.29, 0.717) is 17.8 Å². The Hall–Kier alpha value is -3.13. The van der Waals surface area contributed by atoms with Crippen LogP contribution >= 0.6 is 11.3 Å². The van der Waals surface area contributed by atoms with E-state index in [1.807, 2.05) is 35.7 Å². The molecule has 2 aromatic heterocycles. The molecule has 0 spiro atoms. The van der Waals surface area contributed by atoms with Crippen LogP contribution in [0, 0.1) is 6.92 Å². The summed E-state index contributed by atoms with van der Waals surface area (Å²) in [6.45, 7) is 1.55. The molecule has 3 aromatic rings. The van der Waals surface area contributed by atoms with Gasteiger partial charge in [0, 0.05) is 21.5 Å². The molecule has 26 heavy (non-hydrogen) atoms. The molecule has 0 aliphatic heterocycles.